The molecule has 3 rings (SSSR count). The SMILES string of the molecule is O=C1COc2ccc(C(O)c3ccc(Cl)cc3Cl)cc2N1. The number of carbonyl (C=O) groups is 1. The van der Waals surface area contributed by atoms with Gasteiger partial charge >= 0.3 is 0 Å². The molecule has 0 radical (unpaired) electrons. The van der Waals surface area contributed by atoms with Crippen LogP contribution in [0.2, 0.25) is 10.0 Å². The summed E-state index contributed by atoms with van der Waals surface area (Å²) in [5.41, 5.74) is 1.68. The Kier molecular flexibility index (Phi) is 3.76. The number of hydrogen-bond donors (Lipinski definition) is 2. The molecule has 108 valence electrons. The van der Waals surface area contributed by atoms with E-state index in [1.54, 1.807) is 36.4 Å². The molecule has 1 amide bonds. The first-order valence-electron chi connectivity index (χ1n) is 6.24. The Morgan fingerprint density at radius 3 is 2.76 bits per heavy atom. The van der Waals surface area contributed by atoms with Crippen LogP contribution in [-0.2, 0) is 4.79 Å². The lowest BCUT2D eigenvalue weighted by Gasteiger charge is -2.20. The van der Waals surface area contributed by atoms with Gasteiger partial charge in [0.25, 0.3) is 5.91 Å². The van der Waals surface area contributed by atoms with E-state index < -0.39 is 6.10 Å². The summed E-state index contributed by atoms with van der Waals surface area (Å²) in [6, 6.07) is 10.0. The fraction of sp³-hybridized carbons (Fsp3) is 0.133. The minimum atomic E-state index is -0.918. The molecule has 0 aliphatic carbocycles. The van der Waals surface area contributed by atoms with Crippen LogP contribution >= 0.6 is 23.2 Å². The van der Waals surface area contributed by atoms with Crippen LogP contribution in [0.4, 0.5) is 5.69 Å². The predicted octanol–water partition coefficient (Wildman–Crippen LogP) is 3.41. The molecular formula is C15H11Cl2NO3. The molecule has 1 heterocycles. The van der Waals surface area contributed by atoms with Crippen molar-refractivity contribution in [2.24, 2.45) is 0 Å². The van der Waals surface area contributed by atoms with Crippen molar-refractivity contribution in [3.05, 3.63) is 57.6 Å². The molecule has 1 aliphatic heterocycles. The van der Waals surface area contributed by atoms with E-state index in [2.05, 4.69) is 5.32 Å². The van der Waals surface area contributed by atoms with Crippen molar-refractivity contribution in [2.75, 3.05) is 11.9 Å². The first-order valence-corrected chi connectivity index (χ1v) is 7.00. The summed E-state index contributed by atoms with van der Waals surface area (Å²) in [6.07, 6.45) is -0.918. The number of anilines is 1. The molecule has 21 heavy (non-hydrogen) atoms. The van der Waals surface area contributed by atoms with Gasteiger partial charge in [-0.25, -0.2) is 0 Å². The standard InChI is InChI=1S/C15H11Cl2NO3/c16-9-2-3-10(11(17)6-9)15(20)8-1-4-13-12(5-8)18-14(19)7-21-13/h1-6,15,20H,7H2,(H,18,19). The molecule has 1 aliphatic rings. The zero-order valence-electron chi connectivity index (χ0n) is 10.8. The molecule has 1 atom stereocenters. The number of halogens is 2. The maximum absolute atomic E-state index is 11.3. The average molecular weight is 324 g/mol. The Balaban J connectivity index is 1.96. The minimum absolute atomic E-state index is 0.00207. The molecule has 2 aromatic carbocycles. The third kappa shape index (κ3) is 2.83. The van der Waals surface area contributed by atoms with Crippen molar-refractivity contribution >= 4 is 34.8 Å². The summed E-state index contributed by atoms with van der Waals surface area (Å²) in [7, 11) is 0. The van der Waals surface area contributed by atoms with Gasteiger partial charge in [-0.1, -0.05) is 35.3 Å². The Hall–Kier alpha value is -1.75. The van der Waals surface area contributed by atoms with Crippen LogP contribution in [0, 0.1) is 0 Å². The number of rotatable bonds is 2. The van der Waals surface area contributed by atoms with Crippen molar-refractivity contribution in [1.29, 1.82) is 0 Å². The van der Waals surface area contributed by atoms with E-state index in [4.69, 9.17) is 27.9 Å². The van der Waals surface area contributed by atoms with E-state index in [9.17, 15) is 9.90 Å². The first kappa shape index (κ1) is 14.2. The number of nitrogens with one attached hydrogen (secondary N) is 1. The third-order valence-corrected chi connectivity index (χ3v) is 3.77. The van der Waals surface area contributed by atoms with Gasteiger partial charge < -0.3 is 15.2 Å². The number of benzene rings is 2. The molecule has 2 aromatic rings. The maximum atomic E-state index is 11.3. The molecule has 4 nitrogen and oxygen atoms in total. The number of fused-ring (bicyclic) bond motifs is 1. The molecular weight excluding hydrogens is 313 g/mol. The molecule has 1 unspecified atom stereocenters. The van der Waals surface area contributed by atoms with Crippen molar-refractivity contribution in [1.82, 2.24) is 0 Å². The highest BCUT2D eigenvalue weighted by Gasteiger charge is 2.20. The van der Waals surface area contributed by atoms with Gasteiger partial charge in [-0.2, -0.15) is 0 Å². The largest absolute Gasteiger partial charge is 0.482 e. The summed E-state index contributed by atoms with van der Waals surface area (Å²) in [5.74, 6) is 0.353. The Labute approximate surface area is 131 Å². The zero-order valence-corrected chi connectivity index (χ0v) is 12.3. The first-order chi connectivity index (χ1) is 10.0. The monoisotopic (exact) mass is 323 g/mol. The smallest absolute Gasteiger partial charge is 0.262 e. The summed E-state index contributed by atoms with van der Waals surface area (Å²) < 4.78 is 5.28. The fourth-order valence-corrected chi connectivity index (χ4v) is 2.69. The molecule has 0 saturated carbocycles. The number of carbonyl (C=O) groups excluding carboxylic acids is 1. The van der Waals surface area contributed by atoms with E-state index >= 15 is 0 Å². The van der Waals surface area contributed by atoms with Crippen LogP contribution in [0.3, 0.4) is 0 Å². The van der Waals surface area contributed by atoms with Crippen molar-refractivity contribution in [3.63, 3.8) is 0 Å². The Morgan fingerprint density at radius 1 is 1.19 bits per heavy atom. The predicted molar refractivity (Wildman–Crippen MR) is 81.1 cm³/mol. The van der Waals surface area contributed by atoms with Gasteiger partial charge in [0, 0.05) is 15.6 Å². The van der Waals surface area contributed by atoms with Crippen LogP contribution < -0.4 is 10.1 Å². The van der Waals surface area contributed by atoms with E-state index in [0.717, 1.165) is 0 Å². The second-order valence-corrected chi connectivity index (χ2v) is 5.50. The lowest BCUT2D eigenvalue weighted by Crippen LogP contribution is -2.25. The van der Waals surface area contributed by atoms with Gasteiger partial charge in [0.05, 0.1) is 5.69 Å². The number of ether oxygens (including phenoxy) is 1. The average Bonchev–Trinajstić information content (AvgIpc) is 2.46. The zero-order chi connectivity index (χ0) is 15.0. The summed E-state index contributed by atoms with van der Waals surface area (Å²) in [4.78, 5) is 11.3. The van der Waals surface area contributed by atoms with Crippen LogP contribution in [0.15, 0.2) is 36.4 Å². The van der Waals surface area contributed by atoms with E-state index in [1.807, 2.05) is 0 Å². The van der Waals surface area contributed by atoms with Crippen molar-refractivity contribution < 1.29 is 14.6 Å². The third-order valence-electron chi connectivity index (χ3n) is 3.21. The summed E-state index contributed by atoms with van der Waals surface area (Å²) in [6.45, 7) is -0.00207. The van der Waals surface area contributed by atoms with E-state index in [1.165, 1.54) is 0 Å². The molecule has 2 N–H and O–H groups in total. The van der Waals surface area contributed by atoms with Gasteiger partial charge in [0.1, 0.15) is 11.9 Å². The van der Waals surface area contributed by atoms with Gasteiger partial charge in [0.2, 0.25) is 0 Å². The van der Waals surface area contributed by atoms with Gasteiger partial charge in [-0.15, -0.1) is 0 Å². The minimum Gasteiger partial charge on any atom is -0.482 e. The van der Waals surface area contributed by atoms with Gasteiger partial charge in [0.15, 0.2) is 6.61 Å². The van der Waals surface area contributed by atoms with Crippen molar-refractivity contribution in [2.45, 2.75) is 6.10 Å². The molecule has 0 spiro atoms. The molecule has 0 saturated heterocycles. The molecule has 0 bridgehead atoms. The maximum Gasteiger partial charge on any atom is 0.262 e. The van der Waals surface area contributed by atoms with E-state index in [0.29, 0.717) is 32.6 Å². The number of aliphatic hydroxyl groups is 1. The molecule has 6 heteroatoms. The second-order valence-electron chi connectivity index (χ2n) is 4.66. The summed E-state index contributed by atoms with van der Waals surface area (Å²) in [5, 5.41) is 14.0. The van der Waals surface area contributed by atoms with Crippen LogP contribution in [0.5, 0.6) is 5.75 Å². The van der Waals surface area contributed by atoms with Crippen LogP contribution in [-0.4, -0.2) is 17.6 Å². The lowest BCUT2D eigenvalue weighted by molar-refractivity contribution is -0.118. The summed E-state index contributed by atoms with van der Waals surface area (Å²) >= 11 is 12.0. The lowest BCUT2D eigenvalue weighted by atomic mass is 10.0. The Morgan fingerprint density at radius 2 is 2.00 bits per heavy atom. The highest BCUT2D eigenvalue weighted by Crippen LogP contribution is 2.35. The number of aliphatic hydroxyl groups excluding tert-OH is 1. The van der Waals surface area contributed by atoms with Gasteiger partial charge in [-0.3, -0.25) is 4.79 Å². The normalized spacial score (nSPS) is 14.9. The Bertz CT molecular complexity index is 718. The molecule has 0 fully saturated rings. The van der Waals surface area contributed by atoms with Crippen LogP contribution in [0.25, 0.3) is 0 Å². The number of hydrogen-bond acceptors (Lipinski definition) is 3. The number of amides is 1. The van der Waals surface area contributed by atoms with E-state index in [-0.39, 0.29) is 12.5 Å². The topological polar surface area (TPSA) is 58.6 Å². The van der Waals surface area contributed by atoms with Crippen molar-refractivity contribution in [3.8, 4) is 5.75 Å². The highest BCUT2D eigenvalue weighted by molar-refractivity contribution is 6.35. The quantitative estimate of drug-likeness (QED) is 0.890. The van der Waals surface area contributed by atoms with Crippen LogP contribution in [0.1, 0.15) is 17.2 Å². The highest BCUT2D eigenvalue weighted by atomic mass is 35.5. The molecule has 0 aromatic heterocycles. The fourth-order valence-electron chi connectivity index (χ4n) is 2.17. The second kappa shape index (κ2) is 5.56. The van der Waals surface area contributed by atoms with Gasteiger partial charge in [-0.05, 0) is 29.8 Å².